The molecule has 2 amide bonds. The predicted octanol–water partition coefficient (Wildman–Crippen LogP) is 3.30. The van der Waals surface area contributed by atoms with Crippen LogP contribution < -0.4 is 10.6 Å². The van der Waals surface area contributed by atoms with Crippen molar-refractivity contribution in [2.45, 2.75) is 37.6 Å². The number of rotatable bonds is 10. The summed E-state index contributed by atoms with van der Waals surface area (Å²) in [6.45, 7) is 0.553. The van der Waals surface area contributed by atoms with Gasteiger partial charge >= 0.3 is 12.1 Å². The van der Waals surface area contributed by atoms with Crippen molar-refractivity contribution in [3.63, 3.8) is 0 Å². The fourth-order valence-corrected chi connectivity index (χ4v) is 4.95. The Bertz CT molecular complexity index is 994. The Kier molecular flexibility index (Phi) is 7.80. The van der Waals surface area contributed by atoms with Crippen molar-refractivity contribution in [3.8, 4) is 11.1 Å². The van der Waals surface area contributed by atoms with Crippen molar-refractivity contribution in [1.82, 2.24) is 10.6 Å². The summed E-state index contributed by atoms with van der Waals surface area (Å²) in [5.41, 5.74) is 4.66. The van der Waals surface area contributed by atoms with E-state index in [0.717, 1.165) is 24.0 Å². The highest BCUT2D eigenvalue weighted by atomic mass is 16.5. The van der Waals surface area contributed by atoms with E-state index in [2.05, 4.69) is 34.9 Å². The molecule has 180 valence electrons. The van der Waals surface area contributed by atoms with Gasteiger partial charge in [-0.3, -0.25) is 9.59 Å². The lowest BCUT2D eigenvalue weighted by Crippen LogP contribution is -2.36. The predicted molar refractivity (Wildman–Crippen MR) is 125 cm³/mol. The molecule has 0 unspecified atom stereocenters. The van der Waals surface area contributed by atoms with Crippen LogP contribution in [0, 0.1) is 5.92 Å². The summed E-state index contributed by atoms with van der Waals surface area (Å²) < 4.78 is 10.8. The van der Waals surface area contributed by atoms with Crippen LogP contribution in [0.3, 0.4) is 0 Å². The maximum absolute atomic E-state index is 12.1. The fraction of sp³-hybridized carbons (Fsp3) is 0.423. The lowest BCUT2D eigenvalue weighted by atomic mass is 9.98. The molecule has 4 rings (SSSR count). The molecule has 0 radical (unpaired) electrons. The summed E-state index contributed by atoms with van der Waals surface area (Å²) in [6.07, 6.45) is 1.89. The topological polar surface area (TPSA) is 114 Å². The van der Waals surface area contributed by atoms with Gasteiger partial charge in [0.25, 0.3) is 0 Å². The largest absolute Gasteiger partial charge is 0.481 e. The summed E-state index contributed by atoms with van der Waals surface area (Å²) in [7, 11) is 0. The van der Waals surface area contributed by atoms with Crippen LogP contribution >= 0.6 is 0 Å². The van der Waals surface area contributed by atoms with E-state index >= 15 is 0 Å². The van der Waals surface area contributed by atoms with Crippen LogP contribution in [0.1, 0.15) is 42.7 Å². The van der Waals surface area contributed by atoms with Gasteiger partial charge in [0, 0.05) is 24.9 Å². The van der Waals surface area contributed by atoms with Gasteiger partial charge in [-0.05, 0) is 47.4 Å². The summed E-state index contributed by atoms with van der Waals surface area (Å²) in [5, 5.41) is 14.4. The third-order valence-electron chi connectivity index (χ3n) is 6.46. The Morgan fingerprint density at radius 2 is 1.65 bits per heavy atom. The smallest absolute Gasteiger partial charge is 0.407 e. The lowest BCUT2D eigenvalue weighted by Gasteiger charge is -2.15. The number of amides is 2. The number of benzene rings is 2. The van der Waals surface area contributed by atoms with Crippen molar-refractivity contribution in [1.29, 1.82) is 0 Å². The zero-order valence-corrected chi connectivity index (χ0v) is 19.0. The monoisotopic (exact) mass is 466 g/mol. The molecule has 2 aromatic carbocycles. The highest BCUT2D eigenvalue weighted by Crippen LogP contribution is 2.44. The zero-order chi connectivity index (χ0) is 23.9. The Morgan fingerprint density at radius 1 is 0.971 bits per heavy atom. The van der Waals surface area contributed by atoms with Gasteiger partial charge in [-0.1, -0.05) is 48.5 Å². The summed E-state index contributed by atoms with van der Waals surface area (Å²) >= 11 is 0. The van der Waals surface area contributed by atoms with Gasteiger partial charge in [0.05, 0.1) is 6.61 Å². The Morgan fingerprint density at radius 3 is 2.32 bits per heavy atom. The van der Waals surface area contributed by atoms with Gasteiger partial charge in [-0.2, -0.15) is 0 Å². The highest BCUT2D eigenvalue weighted by molar-refractivity contribution is 5.79. The highest BCUT2D eigenvalue weighted by Gasteiger charge is 2.29. The molecule has 2 aromatic rings. The molecule has 34 heavy (non-hydrogen) atoms. The first-order chi connectivity index (χ1) is 16.5. The fourth-order valence-electron chi connectivity index (χ4n) is 4.95. The van der Waals surface area contributed by atoms with E-state index < -0.39 is 12.1 Å². The van der Waals surface area contributed by atoms with E-state index in [0.29, 0.717) is 6.42 Å². The number of carboxylic acids is 1. The molecule has 0 heterocycles. The zero-order valence-electron chi connectivity index (χ0n) is 19.0. The van der Waals surface area contributed by atoms with Crippen LogP contribution in [-0.4, -0.2) is 55.5 Å². The molecule has 1 fully saturated rings. The van der Waals surface area contributed by atoms with Crippen molar-refractivity contribution in [3.05, 3.63) is 59.7 Å². The molecule has 0 saturated heterocycles. The molecule has 0 aromatic heterocycles. The van der Waals surface area contributed by atoms with E-state index in [9.17, 15) is 14.4 Å². The number of fused-ring (bicyclic) bond motifs is 3. The molecular weight excluding hydrogens is 436 g/mol. The standard InChI is InChI=1S/C26H30N2O6/c29-24(28-18-10-9-17(13-18)14-25(30)31)16-33-12-11-27-26(32)34-15-23-21-7-3-1-5-19(21)20-6-2-4-8-22(20)23/h1-8,17-18,23H,9-16H2,(H,27,32)(H,28,29)(H,30,31)/t17-,18+/m1/s1. The number of hydrogen-bond donors (Lipinski definition) is 3. The lowest BCUT2D eigenvalue weighted by molar-refractivity contribution is -0.138. The molecule has 2 aliphatic carbocycles. The third-order valence-corrected chi connectivity index (χ3v) is 6.46. The van der Waals surface area contributed by atoms with Gasteiger partial charge in [-0.15, -0.1) is 0 Å². The maximum Gasteiger partial charge on any atom is 0.407 e. The van der Waals surface area contributed by atoms with Gasteiger partial charge < -0.3 is 25.2 Å². The summed E-state index contributed by atoms with van der Waals surface area (Å²) in [4.78, 5) is 35.0. The SMILES string of the molecule is O=C(O)C[C@@H]1CC[C@H](NC(=O)COCCNC(=O)OCC2c3ccccc3-c3ccccc32)C1. The summed E-state index contributed by atoms with van der Waals surface area (Å²) in [6, 6.07) is 16.3. The first-order valence-corrected chi connectivity index (χ1v) is 11.7. The number of aliphatic carboxylic acids is 1. The van der Waals surface area contributed by atoms with Crippen molar-refractivity contribution in [2.75, 3.05) is 26.4 Å². The van der Waals surface area contributed by atoms with Crippen LogP contribution in [0.25, 0.3) is 11.1 Å². The average Bonchev–Trinajstić information content (AvgIpc) is 3.38. The number of ether oxygens (including phenoxy) is 2. The number of hydrogen-bond acceptors (Lipinski definition) is 5. The van der Waals surface area contributed by atoms with Crippen LogP contribution in [0.2, 0.25) is 0 Å². The van der Waals surface area contributed by atoms with E-state index in [1.54, 1.807) is 0 Å². The van der Waals surface area contributed by atoms with Gasteiger partial charge in [0.2, 0.25) is 5.91 Å². The van der Waals surface area contributed by atoms with Gasteiger partial charge in [0.1, 0.15) is 13.2 Å². The van der Waals surface area contributed by atoms with Gasteiger partial charge in [0.15, 0.2) is 0 Å². The van der Waals surface area contributed by atoms with E-state index in [4.69, 9.17) is 14.6 Å². The minimum Gasteiger partial charge on any atom is -0.481 e. The average molecular weight is 467 g/mol. The maximum atomic E-state index is 12.1. The number of alkyl carbamates (subject to hydrolysis) is 1. The molecule has 0 bridgehead atoms. The first-order valence-electron chi connectivity index (χ1n) is 11.7. The Hall–Kier alpha value is -3.39. The second kappa shape index (κ2) is 11.2. The number of carboxylic acid groups (broad SMARTS) is 1. The van der Waals surface area contributed by atoms with Crippen LogP contribution in [-0.2, 0) is 19.1 Å². The molecule has 1 saturated carbocycles. The molecule has 2 aliphatic rings. The molecular formula is C26H30N2O6. The second-order valence-corrected chi connectivity index (χ2v) is 8.85. The van der Waals surface area contributed by atoms with Crippen molar-refractivity contribution < 1.29 is 29.0 Å². The number of nitrogens with one attached hydrogen (secondary N) is 2. The van der Waals surface area contributed by atoms with E-state index in [1.165, 1.54) is 11.1 Å². The van der Waals surface area contributed by atoms with E-state index in [-0.39, 0.29) is 56.6 Å². The quantitative estimate of drug-likeness (QED) is 0.463. The molecule has 8 heteroatoms. The van der Waals surface area contributed by atoms with Crippen LogP contribution in [0.5, 0.6) is 0 Å². The molecule has 0 spiro atoms. The molecule has 3 N–H and O–H groups in total. The van der Waals surface area contributed by atoms with E-state index in [1.807, 2.05) is 24.3 Å². The van der Waals surface area contributed by atoms with Crippen molar-refractivity contribution >= 4 is 18.0 Å². The van der Waals surface area contributed by atoms with Crippen LogP contribution in [0.15, 0.2) is 48.5 Å². The molecule has 0 aliphatic heterocycles. The molecule has 8 nitrogen and oxygen atoms in total. The Labute approximate surface area is 198 Å². The normalized spacial score (nSPS) is 18.7. The third kappa shape index (κ3) is 5.94. The van der Waals surface area contributed by atoms with Crippen molar-refractivity contribution in [2.24, 2.45) is 5.92 Å². The Balaban J connectivity index is 1.12. The first kappa shape index (κ1) is 23.8. The number of carbonyl (C=O) groups excluding carboxylic acids is 2. The molecule has 2 atom stereocenters. The van der Waals surface area contributed by atoms with Gasteiger partial charge in [-0.25, -0.2) is 4.79 Å². The number of carbonyl (C=O) groups is 3. The van der Waals surface area contributed by atoms with Crippen LogP contribution in [0.4, 0.5) is 4.79 Å². The second-order valence-electron chi connectivity index (χ2n) is 8.85. The minimum atomic E-state index is -0.802. The summed E-state index contributed by atoms with van der Waals surface area (Å²) in [5.74, 6) is -0.916. The minimum absolute atomic E-state index is 0.000554.